The van der Waals surface area contributed by atoms with Crippen molar-refractivity contribution in [3.63, 3.8) is 0 Å². The summed E-state index contributed by atoms with van der Waals surface area (Å²) in [6.07, 6.45) is 2.10. The molecule has 0 heterocycles. The standard InChI is InChI=1S/C13H17NO/c1-3-15-12(14)13(8-9-13)11-6-4-10(2)5-7-11/h4-7,14H,3,8-9H2,1-2H3. The second kappa shape index (κ2) is 3.69. The number of nitrogens with one attached hydrogen (secondary N) is 1. The summed E-state index contributed by atoms with van der Waals surface area (Å²) in [4.78, 5) is 0. The van der Waals surface area contributed by atoms with Crippen molar-refractivity contribution >= 4 is 5.90 Å². The fraction of sp³-hybridized carbons (Fsp3) is 0.462. The van der Waals surface area contributed by atoms with Gasteiger partial charge in [-0.2, -0.15) is 0 Å². The van der Waals surface area contributed by atoms with Crippen molar-refractivity contribution < 1.29 is 4.74 Å². The highest BCUT2D eigenvalue weighted by atomic mass is 16.5. The van der Waals surface area contributed by atoms with Gasteiger partial charge < -0.3 is 4.74 Å². The third-order valence-electron chi connectivity index (χ3n) is 3.08. The first-order valence-corrected chi connectivity index (χ1v) is 5.48. The molecule has 0 amide bonds. The molecule has 0 atom stereocenters. The summed E-state index contributed by atoms with van der Waals surface area (Å²) in [6.45, 7) is 4.60. The molecule has 0 bridgehead atoms. The van der Waals surface area contributed by atoms with Gasteiger partial charge in [-0.15, -0.1) is 0 Å². The van der Waals surface area contributed by atoms with E-state index in [9.17, 15) is 0 Å². The highest BCUT2D eigenvalue weighted by Crippen LogP contribution is 2.49. The van der Waals surface area contributed by atoms with E-state index in [0.717, 1.165) is 12.8 Å². The van der Waals surface area contributed by atoms with Gasteiger partial charge in [-0.05, 0) is 32.3 Å². The molecular weight excluding hydrogens is 186 g/mol. The Labute approximate surface area is 90.8 Å². The van der Waals surface area contributed by atoms with Crippen LogP contribution in [0.4, 0.5) is 0 Å². The van der Waals surface area contributed by atoms with Gasteiger partial charge in [-0.3, -0.25) is 5.41 Å². The summed E-state index contributed by atoms with van der Waals surface area (Å²) < 4.78 is 5.34. The van der Waals surface area contributed by atoms with Gasteiger partial charge in [0.25, 0.3) is 0 Å². The molecular formula is C13H17NO. The molecule has 1 fully saturated rings. The van der Waals surface area contributed by atoms with Gasteiger partial charge >= 0.3 is 0 Å². The maximum absolute atomic E-state index is 7.92. The number of benzene rings is 1. The van der Waals surface area contributed by atoms with Crippen LogP contribution in [0.5, 0.6) is 0 Å². The molecule has 0 aliphatic heterocycles. The van der Waals surface area contributed by atoms with E-state index in [4.69, 9.17) is 10.1 Å². The zero-order valence-corrected chi connectivity index (χ0v) is 9.34. The van der Waals surface area contributed by atoms with Crippen molar-refractivity contribution in [2.45, 2.75) is 32.1 Å². The van der Waals surface area contributed by atoms with Gasteiger partial charge in [-0.1, -0.05) is 29.8 Å². The Bertz CT molecular complexity index is 363. The molecule has 0 aromatic heterocycles. The van der Waals surface area contributed by atoms with E-state index >= 15 is 0 Å². The molecule has 1 aliphatic carbocycles. The van der Waals surface area contributed by atoms with Crippen molar-refractivity contribution in [2.24, 2.45) is 0 Å². The Hall–Kier alpha value is -1.31. The maximum Gasteiger partial charge on any atom is 0.191 e. The Morgan fingerprint density at radius 1 is 1.33 bits per heavy atom. The molecule has 15 heavy (non-hydrogen) atoms. The minimum absolute atomic E-state index is 0.0935. The summed E-state index contributed by atoms with van der Waals surface area (Å²) in [5, 5.41) is 7.92. The molecule has 2 nitrogen and oxygen atoms in total. The topological polar surface area (TPSA) is 33.1 Å². The van der Waals surface area contributed by atoms with Crippen LogP contribution in [0.3, 0.4) is 0 Å². The first kappa shape index (κ1) is 10.2. The zero-order chi connectivity index (χ0) is 10.9. The van der Waals surface area contributed by atoms with Gasteiger partial charge in [0.2, 0.25) is 0 Å². The smallest absolute Gasteiger partial charge is 0.191 e. The molecule has 80 valence electrons. The number of hydrogen-bond acceptors (Lipinski definition) is 2. The fourth-order valence-corrected chi connectivity index (χ4v) is 1.93. The molecule has 2 heteroatoms. The minimum Gasteiger partial charge on any atom is -0.481 e. The van der Waals surface area contributed by atoms with Crippen LogP contribution in [0.25, 0.3) is 0 Å². The molecule has 1 aromatic rings. The van der Waals surface area contributed by atoms with Crippen molar-refractivity contribution in [1.82, 2.24) is 0 Å². The van der Waals surface area contributed by atoms with E-state index in [2.05, 4.69) is 31.2 Å². The van der Waals surface area contributed by atoms with Gasteiger partial charge in [0.15, 0.2) is 5.90 Å². The molecule has 0 saturated heterocycles. The molecule has 0 spiro atoms. The number of hydrogen-bond donors (Lipinski definition) is 1. The molecule has 1 aliphatic rings. The number of aryl methyl sites for hydroxylation is 1. The SMILES string of the molecule is CCOC(=N)C1(c2ccc(C)cc2)CC1. The van der Waals surface area contributed by atoms with Gasteiger partial charge in [0, 0.05) is 0 Å². The Morgan fingerprint density at radius 2 is 1.93 bits per heavy atom. The van der Waals surface area contributed by atoms with E-state index in [1.54, 1.807) is 0 Å². The predicted molar refractivity (Wildman–Crippen MR) is 61.4 cm³/mol. The minimum atomic E-state index is -0.0935. The van der Waals surface area contributed by atoms with Crippen molar-refractivity contribution in [3.8, 4) is 0 Å². The van der Waals surface area contributed by atoms with Gasteiger partial charge in [0.1, 0.15) is 0 Å². The summed E-state index contributed by atoms with van der Waals surface area (Å²) in [5.74, 6) is 0.439. The number of ether oxygens (including phenoxy) is 1. The first-order chi connectivity index (χ1) is 7.19. The molecule has 1 N–H and O–H groups in total. The summed E-state index contributed by atoms with van der Waals surface area (Å²) in [6, 6.07) is 8.45. The predicted octanol–water partition coefficient (Wildman–Crippen LogP) is 3.04. The van der Waals surface area contributed by atoms with Crippen molar-refractivity contribution in [3.05, 3.63) is 35.4 Å². The molecule has 1 aromatic carbocycles. The largest absolute Gasteiger partial charge is 0.481 e. The van der Waals surface area contributed by atoms with Crippen LogP contribution in [0.1, 0.15) is 30.9 Å². The quantitative estimate of drug-likeness (QED) is 0.594. The number of rotatable bonds is 3. The first-order valence-electron chi connectivity index (χ1n) is 5.48. The van der Waals surface area contributed by atoms with E-state index in [-0.39, 0.29) is 5.41 Å². The van der Waals surface area contributed by atoms with E-state index in [0.29, 0.717) is 12.5 Å². The van der Waals surface area contributed by atoms with Crippen LogP contribution in [-0.4, -0.2) is 12.5 Å². The average molecular weight is 203 g/mol. The third-order valence-corrected chi connectivity index (χ3v) is 3.08. The second-order valence-electron chi connectivity index (χ2n) is 4.21. The lowest BCUT2D eigenvalue weighted by Gasteiger charge is -2.17. The Morgan fingerprint density at radius 3 is 2.40 bits per heavy atom. The molecule has 2 rings (SSSR count). The summed E-state index contributed by atoms with van der Waals surface area (Å²) in [7, 11) is 0. The second-order valence-corrected chi connectivity index (χ2v) is 4.21. The molecule has 1 saturated carbocycles. The third kappa shape index (κ3) is 1.76. The molecule has 0 unspecified atom stereocenters. The Balaban J connectivity index is 2.22. The van der Waals surface area contributed by atoms with Gasteiger partial charge in [0.05, 0.1) is 12.0 Å². The lowest BCUT2D eigenvalue weighted by atomic mass is 9.95. The van der Waals surface area contributed by atoms with E-state index < -0.39 is 0 Å². The van der Waals surface area contributed by atoms with Crippen molar-refractivity contribution in [1.29, 1.82) is 5.41 Å². The highest BCUT2D eigenvalue weighted by molar-refractivity contribution is 5.88. The van der Waals surface area contributed by atoms with Crippen LogP contribution in [-0.2, 0) is 10.2 Å². The summed E-state index contributed by atoms with van der Waals surface area (Å²) >= 11 is 0. The monoisotopic (exact) mass is 203 g/mol. The lowest BCUT2D eigenvalue weighted by Crippen LogP contribution is -2.22. The van der Waals surface area contributed by atoms with E-state index in [1.165, 1.54) is 11.1 Å². The van der Waals surface area contributed by atoms with Gasteiger partial charge in [-0.25, -0.2) is 0 Å². The normalized spacial score (nSPS) is 17.2. The zero-order valence-electron chi connectivity index (χ0n) is 9.34. The van der Waals surface area contributed by atoms with Crippen LogP contribution in [0.2, 0.25) is 0 Å². The summed E-state index contributed by atoms with van der Waals surface area (Å²) in [5.41, 5.74) is 2.40. The highest BCUT2D eigenvalue weighted by Gasteiger charge is 2.49. The van der Waals surface area contributed by atoms with Crippen LogP contribution in [0, 0.1) is 12.3 Å². The fourth-order valence-electron chi connectivity index (χ4n) is 1.93. The van der Waals surface area contributed by atoms with E-state index in [1.807, 2.05) is 6.92 Å². The van der Waals surface area contributed by atoms with Crippen LogP contribution < -0.4 is 0 Å². The molecule has 0 radical (unpaired) electrons. The van der Waals surface area contributed by atoms with Crippen molar-refractivity contribution in [2.75, 3.05) is 6.61 Å². The van der Waals surface area contributed by atoms with Crippen LogP contribution >= 0.6 is 0 Å². The average Bonchev–Trinajstić information content (AvgIpc) is 3.00. The Kier molecular flexibility index (Phi) is 2.51. The van der Waals surface area contributed by atoms with Crippen LogP contribution in [0.15, 0.2) is 24.3 Å². The maximum atomic E-state index is 7.92. The lowest BCUT2D eigenvalue weighted by molar-refractivity contribution is 0.305.